The first-order valence-corrected chi connectivity index (χ1v) is 7.04. The molecule has 1 aromatic carbocycles. The second-order valence-corrected chi connectivity index (χ2v) is 5.66. The van der Waals surface area contributed by atoms with Gasteiger partial charge in [-0.3, -0.25) is 4.98 Å². The van der Waals surface area contributed by atoms with Crippen LogP contribution in [0.2, 0.25) is 0 Å². The quantitative estimate of drug-likeness (QED) is 0.892. The van der Waals surface area contributed by atoms with Crippen LogP contribution in [-0.2, 0) is 0 Å². The molecule has 1 aromatic heterocycles. The first-order chi connectivity index (χ1) is 9.34. The molecule has 0 aliphatic carbocycles. The lowest BCUT2D eigenvalue weighted by atomic mass is 10.2. The molecule has 4 heteroatoms. The Kier molecular flexibility index (Phi) is 3.58. The first-order valence-electron chi connectivity index (χ1n) is 5.85. The summed E-state index contributed by atoms with van der Waals surface area (Å²) in [5.74, 6) is 0. The molecule has 1 aliphatic heterocycles. The van der Waals surface area contributed by atoms with Crippen LogP contribution in [0.4, 0.5) is 0 Å². The van der Waals surface area contributed by atoms with Crippen molar-refractivity contribution in [2.45, 2.75) is 0 Å². The van der Waals surface area contributed by atoms with Crippen LogP contribution in [0.3, 0.4) is 0 Å². The number of thioether (sulfide) groups is 1. The van der Waals surface area contributed by atoms with Crippen LogP contribution in [0, 0.1) is 0 Å². The topological polar surface area (TPSA) is 24.9 Å². The average Bonchev–Trinajstić information content (AvgIpc) is 2.49. The second-order valence-electron chi connectivity index (χ2n) is 4.01. The molecule has 19 heavy (non-hydrogen) atoms. The summed E-state index contributed by atoms with van der Waals surface area (Å²) in [6.07, 6.45) is 5.54. The van der Waals surface area contributed by atoms with Gasteiger partial charge in [0.1, 0.15) is 4.36 Å². The van der Waals surface area contributed by atoms with E-state index in [9.17, 15) is 0 Å². The van der Waals surface area contributed by atoms with E-state index in [1.165, 1.54) is 0 Å². The zero-order chi connectivity index (χ0) is 13.1. The van der Waals surface area contributed by atoms with Crippen LogP contribution in [-0.4, -0.2) is 4.98 Å². The normalized spacial score (nSPS) is 14.9. The van der Waals surface area contributed by atoms with E-state index in [2.05, 4.69) is 10.3 Å². The third-order valence-electron chi connectivity index (χ3n) is 2.77. The molecule has 0 unspecified atom stereocenters. The lowest BCUT2D eigenvalue weighted by Gasteiger charge is -2.18. The predicted molar refractivity (Wildman–Crippen MR) is 82.2 cm³/mol. The number of rotatable bonds is 2. The number of hydrogen-bond acceptors (Lipinski definition) is 3. The van der Waals surface area contributed by atoms with Gasteiger partial charge in [0.25, 0.3) is 0 Å². The van der Waals surface area contributed by atoms with Crippen molar-refractivity contribution in [2.75, 3.05) is 0 Å². The van der Waals surface area contributed by atoms with Gasteiger partial charge in [0.2, 0.25) is 0 Å². The van der Waals surface area contributed by atoms with Crippen LogP contribution in [0.1, 0.15) is 11.1 Å². The zero-order valence-electron chi connectivity index (χ0n) is 10.0. The lowest BCUT2D eigenvalue weighted by Crippen LogP contribution is -2.09. The van der Waals surface area contributed by atoms with Crippen LogP contribution >= 0.6 is 23.4 Å². The van der Waals surface area contributed by atoms with E-state index in [1.54, 1.807) is 24.2 Å². The van der Waals surface area contributed by atoms with Crippen molar-refractivity contribution < 1.29 is 0 Å². The Morgan fingerprint density at radius 1 is 0.947 bits per heavy atom. The van der Waals surface area contributed by atoms with Gasteiger partial charge in [0.05, 0.1) is 5.70 Å². The van der Waals surface area contributed by atoms with Crippen LogP contribution in [0.5, 0.6) is 0 Å². The lowest BCUT2D eigenvalue weighted by molar-refractivity contribution is 1.22. The van der Waals surface area contributed by atoms with Gasteiger partial charge in [-0.25, -0.2) is 0 Å². The molecule has 0 amide bonds. The van der Waals surface area contributed by atoms with Crippen molar-refractivity contribution in [1.82, 2.24) is 10.3 Å². The minimum atomic E-state index is 0.750. The van der Waals surface area contributed by atoms with E-state index in [0.29, 0.717) is 0 Å². The van der Waals surface area contributed by atoms with Gasteiger partial charge in [-0.05, 0) is 17.7 Å². The molecule has 0 atom stereocenters. The Morgan fingerprint density at radius 3 is 2.37 bits per heavy atom. The molecule has 0 spiro atoms. The third kappa shape index (κ3) is 2.67. The first kappa shape index (κ1) is 12.3. The Balaban J connectivity index is 1.87. The van der Waals surface area contributed by atoms with E-state index in [1.807, 2.05) is 48.7 Å². The third-order valence-corrected chi connectivity index (χ3v) is 4.15. The van der Waals surface area contributed by atoms with E-state index >= 15 is 0 Å². The number of benzene rings is 1. The molecule has 3 rings (SSSR count). The molecule has 1 N–H and O–H groups in total. The Bertz CT molecular complexity index is 636. The molecule has 1 aliphatic rings. The number of aromatic nitrogens is 1. The van der Waals surface area contributed by atoms with E-state index in [0.717, 1.165) is 26.1 Å². The summed E-state index contributed by atoms with van der Waals surface area (Å²) in [6, 6.07) is 14.0. The van der Waals surface area contributed by atoms with Gasteiger partial charge < -0.3 is 5.32 Å². The summed E-state index contributed by atoms with van der Waals surface area (Å²) < 4.78 is 0.750. The molecular weight excluding hydrogens is 276 g/mol. The minimum Gasteiger partial charge on any atom is -0.358 e. The van der Waals surface area contributed by atoms with E-state index in [4.69, 9.17) is 11.6 Å². The van der Waals surface area contributed by atoms with E-state index in [-0.39, 0.29) is 0 Å². The molecule has 94 valence electrons. The SMILES string of the molecule is ClC1=C(c2ccccc2)NC=C(c2ccncc2)S1. The van der Waals surface area contributed by atoms with Crippen molar-refractivity contribution in [3.05, 3.63) is 76.5 Å². The highest BCUT2D eigenvalue weighted by Gasteiger charge is 2.15. The molecule has 2 heterocycles. The highest BCUT2D eigenvalue weighted by atomic mass is 35.5. The maximum absolute atomic E-state index is 6.39. The summed E-state index contributed by atoms with van der Waals surface area (Å²) in [7, 11) is 0. The fraction of sp³-hybridized carbons (Fsp3) is 0. The standard InChI is InChI=1S/C15H11ClN2S/c16-15-14(12-4-2-1-3-5-12)18-10-13(19-15)11-6-8-17-9-7-11/h1-10,18H. The van der Waals surface area contributed by atoms with E-state index < -0.39 is 0 Å². The largest absolute Gasteiger partial charge is 0.358 e. The van der Waals surface area contributed by atoms with Crippen molar-refractivity contribution in [3.63, 3.8) is 0 Å². The van der Waals surface area contributed by atoms with Gasteiger partial charge in [-0.15, -0.1) is 0 Å². The molecule has 2 aromatic rings. The van der Waals surface area contributed by atoms with Crippen molar-refractivity contribution in [1.29, 1.82) is 0 Å². The van der Waals surface area contributed by atoms with Crippen molar-refractivity contribution in [2.24, 2.45) is 0 Å². The maximum Gasteiger partial charge on any atom is 0.102 e. The molecule has 0 fully saturated rings. The van der Waals surface area contributed by atoms with Crippen molar-refractivity contribution in [3.8, 4) is 0 Å². The molecule has 0 bridgehead atoms. The number of pyridine rings is 1. The van der Waals surface area contributed by atoms with Gasteiger partial charge in [-0.1, -0.05) is 53.7 Å². The fourth-order valence-corrected chi connectivity index (χ4v) is 3.09. The molecule has 2 nitrogen and oxygen atoms in total. The van der Waals surface area contributed by atoms with Crippen LogP contribution < -0.4 is 5.32 Å². The average molecular weight is 287 g/mol. The fourth-order valence-electron chi connectivity index (χ4n) is 1.83. The number of nitrogens with one attached hydrogen (secondary N) is 1. The van der Waals surface area contributed by atoms with Gasteiger partial charge in [0.15, 0.2) is 0 Å². The summed E-state index contributed by atoms with van der Waals surface area (Å²) in [6.45, 7) is 0. The van der Waals surface area contributed by atoms with Crippen LogP contribution in [0.25, 0.3) is 10.6 Å². The van der Waals surface area contributed by atoms with Gasteiger partial charge in [0, 0.05) is 29.1 Å². The minimum absolute atomic E-state index is 0.750. The Morgan fingerprint density at radius 2 is 1.68 bits per heavy atom. The van der Waals surface area contributed by atoms with Crippen LogP contribution in [0.15, 0.2) is 65.4 Å². The van der Waals surface area contributed by atoms with Gasteiger partial charge in [-0.2, -0.15) is 0 Å². The maximum atomic E-state index is 6.39. The summed E-state index contributed by atoms with van der Waals surface area (Å²) >= 11 is 7.94. The molecule has 0 radical (unpaired) electrons. The molecular formula is C15H11ClN2S. The zero-order valence-corrected chi connectivity index (χ0v) is 11.6. The van der Waals surface area contributed by atoms with Gasteiger partial charge >= 0.3 is 0 Å². The number of halogens is 1. The second kappa shape index (κ2) is 5.51. The summed E-state index contributed by atoms with van der Waals surface area (Å²) in [5, 5.41) is 3.28. The molecule has 0 saturated heterocycles. The summed E-state index contributed by atoms with van der Waals surface area (Å²) in [4.78, 5) is 5.11. The highest BCUT2D eigenvalue weighted by molar-refractivity contribution is 8.13. The Labute approximate surface area is 121 Å². The summed E-state index contributed by atoms with van der Waals surface area (Å²) in [5.41, 5.74) is 3.15. The number of nitrogens with zero attached hydrogens (tertiary/aromatic N) is 1. The monoisotopic (exact) mass is 286 g/mol. The number of hydrogen-bond donors (Lipinski definition) is 1. The predicted octanol–water partition coefficient (Wildman–Crippen LogP) is 4.28. The molecule has 0 saturated carbocycles. The Hall–Kier alpha value is -1.71. The highest BCUT2D eigenvalue weighted by Crippen LogP contribution is 2.41. The smallest absolute Gasteiger partial charge is 0.102 e. The van der Waals surface area contributed by atoms with Crippen molar-refractivity contribution >= 4 is 34.0 Å².